The van der Waals surface area contributed by atoms with E-state index in [9.17, 15) is 4.79 Å². The third kappa shape index (κ3) is 1.64. The molecular formula is C12H11N5O. The van der Waals surface area contributed by atoms with E-state index >= 15 is 0 Å². The molecule has 90 valence electrons. The monoisotopic (exact) mass is 241 g/mol. The minimum absolute atomic E-state index is 0.242. The Kier molecular flexibility index (Phi) is 2.33. The fourth-order valence-corrected chi connectivity index (χ4v) is 1.89. The van der Waals surface area contributed by atoms with Gasteiger partial charge in [-0.25, -0.2) is 0 Å². The average Bonchev–Trinajstić information content (AvgIpc) is 2.98. The second-order valence-corrected chi connectivity index (χ2v) is 3.93. The van der Waals surface area contributed by atoms with Gasteiger partial charge in [-0.1, -0.05) is 18.2 Å². The number of amides is 1. The number of rotatable bonds is 2. The number of aromatic nitrogens is 4. The van der Waals surface area contributed by atoms with E-state index < -0.39 is 0 Å². The second-order valence-electron chi connectivity index (χ2n) is 3.93. The summed E-state index contributed by atoms with van der Waals surface area (Å²) >= 11 is 0. The summed E-state index contributed by atoms with van der Waals surface area (Å²) in [6, 6.07) is 7.62. The van der Waals surface area contributed by atoms with Crippen LogP contribution in [0.4, 0.5) is 5.69 Å². The number of nitrogens with one attached hydrogen (secondary N) is 2. The number of hydrogen-bond acceptors (Lipinski definition) is 3. The van der Waals surface area contributed by atoms with Gasteiger partial charge >= 0.3 is 0 Å². The predicted molar refractivity (Wildman–Crippen MR) is 67.3 cm³/mol. The molecule has 6 nitrogen and oxygen atoms in total. The fourth-order valence-electron chi connectivity index (χ4n) is 1.89. The molecule has 0 fully saturated rings. The Morgan fingerprint density at radius 2 is 2.22 bits per heavy atom. The molecule has 3 aromatic rings. The maximum Gasteiger partial charge on any atom is 0.276 e. The lowest BCUT2D eigenvalue weighted by Crippen LogP contribution is -2.12. The van der Waals surface area contributed by atoms with Crippen molar-refractivity contribution in [3.05, 3.63) is 42.4 Å². The molecule has 2 N–H and O–H groups in total. The summed E-state index contributed by atoms with van der Waals surface area (Å²) in [5.74, 6) is -0.242. The minimum Gasteiger partial charge on any atom is -0.318 e. The van der Waals surface area contributed by atoms with Crippen molar-refractivity contribution in [1.82, 2.24) is 20.0 Å². The van der Waals surface area contributed by atoms with Crippen LogP contribution in [-0.4, -0.2) is 25.9 Å². The zero-order valence-electron chi connectivity index (χ0n) is 9.71. The highest BCUT2D eigenvalue weighted by Gasteiger charge is 2.15. The molecule has 1 amide bonds. The molecule has 0 saturated carbocycles. The molecule has 2 aromatic heterocycles. The second kappa shape index (κ2) is 3.99. The molecule has 18 heavy (non-hydrogen) atoms. The molecule has 0 radical (unpaired) electrons. The Labute approximate surface area is 103 Å². The molecule has 6 heteroatoms. The third-order valence-electron chi connectivity index (χ3n) is 2.73. The SMILES string of the molecule is Cn1nc(C(=O)Nc2cn[nH]c2)c2ccccc21. The van der Waals surface area contributed by atoms with Crippen LogP contribution < -0.4 is 5.32 Å². The Bertz CT molecular complexity index is 698. The predicted octanol–water partition coefficient (Wildman–Crippen LogP) is 1.55. The van der Waals surface area contributed by atoms with Crippen molar-refractivity contribution in [3.63, 3.8) is 0 Å². The zero-order chi connectivity index (χ0) is 12.5. The lowest BCUT2D eigenvalue weighted by atomic mass is 10.2. The van der Waals surface area contributed by atoms with Crippen LogP contribution in [0.25, 0.3) is 10.9 Å². The van der Waals surface area contributed by atoms with Crippen molar-refractivity contribution in [3.8, 4) is 0 Å². The van der Waals surface area contributed by atoms with Gasteiger partial charge < -0.3 is 5.32 Å². The molecule has 0 atom stereocenters. The van der Waals surface area contributed by atoms with E-state index in [2.05, 4.69) is 20.6 Å². The van der Waals surface area contributed by atoms with E-state index in [0.717, 1.165) is 10.9 Å². The lowest BCUT2D eigenvalue weighted by Gasteiger charge is -1.98. The van der Waals surface area contributed by atoms with Crippen LogP contribution in [-0.2, 0) is 7.05 Å². The van der Waals surface area contributed by atoms with Crippen LogP contribution in [0.15, 0.2) is 36.7 Å². The summed E-state index contributed by atoms with van der Waals surface area (Å²) in [6.07, 6.45) is 3.16. The van der Waals surface area contributed by atoms with Gasteiger partial charge in [0.05, 0.1) is 17.4 Å². The van der Waals surface area contributed by atoms with E-state index in [1.807, 2.05) is 31.3 Å². The normalized spacial score (nSPS) is 10.7. The Morgan fingerprint density at radius 1 is 1.39 bits per heavy atom. The first kappa shape index (κ1) is 10.5. The Hall–Kier alpha value is -2.63. The Balaban J connectivity index is 2.01. The van der Waals surface area contributed by atoms with Crippen molar-refractivity contribution in [1.29, 1.82) is 0 Å². The van der Waals surface area contributed by atoms with Gasteiger partial charge in [-0.15, -0.1) is 0 Å². The lowest BCUT2D eigenvalue weighted by molar-refractivity contribution is 0.102. The highest BCUT2D eigenvalue weighted by Crippen LogP contribution is 2.18. The molecule has 0 spiro atoms. The number of para-hydroxylation sites is 1. The smallest absolute Gasteiger partial charge is 0.276 e. The number of H-pyrrole nitrogens is 1. The topological polar surface area (TPSA) is 75.6 Å². The van der Waals surface area contributed by atoms with Crippen molar-refractivity contribution in [2.75, 3.05) is 5.32 Å². The highest BCUT2D eigenvalue weighted by atomic mass is 16.2. The standard InChI is InChI=1S/C12H11N5O/c1-17-10-5-3-2-4-9(10)11(16-17)12(18)15-8-6-13-14-7-8/h2-7H,1H3,(H,13,14)(H,15,18). The highest BCUT2D eigenvalue weighted by molar-refractivity contribution is 6.11. The molecular weight excluding hydrogens is 230 g/mol. The van der Waals surface area contributed by atoms with Gasteiger partial charge in [0.15, 0.2) is 5.69 Å². The van der Waals surface area contributed by atoms with Crippen molar-refractivity contribution in [2.24, 2.45) is 7.05 Å². The summed E-state index contributed by atoms with van der Waals surface area (Å²) in [6.45, 7) is 0. The number of aryl methyl sites for hydroxylation is 1. The van der Waals surface area contributed by atoms with Gasteiger partial charge in [0.1, 0.15) is 0 Å². The molecule has 0 aliphatic heterocycles. The van der Waals surface area contributed by atoms with Crippen molar-refractivity contribution in [2.45, 2.75) is 0 Å². The van der Waals surface area contributed by atoms with Crippen LogP contribution in [0.2, 0.25) is 0 Å². The first-order valence-electron chi connectivity index (χ1n) is 5.47. The molecule has 0 unspecified atom stereocenters. The maximum atomic E-state index is 12.1. The number of benzene rings is 1. The number of anilines is 1. The summed E-state index contributed by atoms with van der Waals surface area (Å²) in [5, 5.41) is 14.2. The van der Waals surface area contributed by atoms with Gasteiger partial charge in [0.25, 0.3) is 5.91 Å². The van der Waals surface area contributed by atoms with Crippen LogP contribution in [0, 0.1) is 0 Å². The van der Waals surface area contributed by atoms with Crippen LogP contribution in [0.5, 0.6) is 0 Å². The first-order chi connectivity index (χ1) is 8.75. The molecule has 0 aliphatic rings. The summed E-state index contributed by atoms with van der Waals surface area (Å²) in [5.41, 5.74) is 1.96. The van der Waals surface area contributed by atoms with E-state index in [-0.39, 0.29) is 5.91 Å². The average molecular weight is 241 g/mol. The minimum atomic E-state index is -0.242. The third-order valence-corrected chi connectivity index (χ3v) is 2.73. The van der Waals surface area contributed by atoms with Gasteiger partial charge in [-0.3, -0.25) is 14.6 Å². The van der Waals surface area contributed by atoms with E-state index in [0.29, 0.717) is 11.4 Å². The van der Waals surface area contributed by atoms with Gasteiger partial charge in [-0.2, -0.15) is 10.2 Å². The fraction of sp³-hybridized carbons (Fsp3) is 0.0833. The number of carbonyl (C=O) groups excluding carboxylic acids is 1. The quantitative estimate of drug-likeness (QED) is 0.714. The van der Waals surface area contributed by atoms with Crippen molar-refractivity contribution < 1.29 is 4.79 Å². The summed E-state index contributed by atoms with van der Waals surface area (Å²) in [4.78, 5) is 12.1. The van der Waals surface area contributed by atoms with E-state index in [1.165, 1.54) is 0 Å². The zero-order valence-corrected chi connectivity index (χ0v) is 9.71. The number of aromatic amines is 1. The van der Waals surface area contributed by atoms with Gasteiger partial charge in [0.2, 0.25) is 0 Å². The van der Waals surface area contributed by atoms with E-state index in [1.54, 1.807) is 17.1 Å². The number of fused-ring (bicyclic) bond motifs is 1. The molecule has 2 heterocycles. The number of carbonyl (C=O) groups is 1. The van der Waals surface area contributed by atoms with Crippen molar-refractivity contribution >= 4 is 22.5 Å². The largest absolute Gasteiger partial charge is 0.318 e. The first-order valence-corrected chi connectivity index (χ1v) is 5.47. The van der Waals surface area contributed by atoms with Crippen LogP contribution >= 0.6 is 0 Å². The molecule has 1 aromatic carbocycles. The summed E-state index contributed by atoms with van der Waals surface area (Å²) < 4.78 is 1.69. The molecule has 3 rings (SSSR count). The molecule has 0 aliphatic carbocycles. The van der Waals surface area contributed by atoms with Gasteiger partial charge in [-0.05, 0) is 6.07 Å². The van der Waals surface area contributed by atoms with E-state index in [4.69, 9.17) is 0 Å². The number of hydrogen-bond donors (Lipinski definition) is 2. The van der Waals surface area contributed by atoms with Crippen LogP contribution in [0.3, 0.4) is 0 Å². The summed E-state index contributed by atoms with van der Waals surface area (Å²) in [7, 11) is 1.82. The van der Waals surface area contributed by atoms with Crippen LogP contribution in [0.1, 0.15) is 10.5 Å². The molecule has 0 bridgehead atoms. The molecule has 0 saturated heterocycles. The van der Waals surface area contributed by atoms with Gasteiger partial charge in [0, 0.05) is 18.6 Å². The number of nitrogens with zero attached hydrogens (tertiary/aromatic N) is 3. The Morgan fingerprint density at radius 3 is 3.00 bits per heavy atom. The maximum absolute atomic E-state index is 12.1.